The lowest BCUT2D eigenvalue weighted by molar-refractivity contribution is 0.208. The van der Waals surface area contributed by atoms with Crippen molar-refractivity contribution in [1.29, 1.82) is 0 Å². The Morgan fingerprint density at radius 2 is 1.58 bits per heavy atom. The minimum absolute atomic E-state index is 0.0475. The molecule has 0 radical (unpaired) electrons. The Hall–Kier alpha value is -2.85. The molecule has 4 heteroatoms. The maximum absolute atomic E-state index is 12.4. The fourth-order valence-electron chi connectivity index (χ4n) is 3.32. The second kappa shape index (κ2) is 7.58. The monoisotopic (exact) mass is 346 g/mol. The number of rotatable bonds is 5. The van der Waals surface area contributed by atoms with E-state index in [1.165, 1.54) is 5.56 Å². The summed E-state index contributed by atoms with van der Waals surface area (Å²) in [4.78, 5) is 14.8. The normalized spacial score (nSPS) is 14.0. The van der Waals surface area contributed by atoms with Gasteiger partial charge in [-0.1, -0.05) is 60.7 Å². The van der Waals surface area contributed by atoms with Gasteiger partial charge in [-0.3, -0.25) is 9.69 Å². The molecule has 0 aliphatic carbocycles. The second-order valence-corrected chi connectivity index (χ2v) is 6.66. The van der Waals surface area contributed by atoms with Gasteiger partial charge in [0, 0.05) is 37.9 Å². The van der Waals surface area contributed by atoms with Crippen LogP contribution in [0.1, 0.15) is 16.8 Å². The fourth-order valence-corrected chi connectivity index (χ4v) is 3.32. The summed E-state index contributed by atoms with van der Waals surface area (Å²) in [7, 11) is 0. The van der Waals surface area contributed by atoms with Gasteiger partial charge in [0.15, 0.2) is 5.75 Å². The molecule has 4 nitrogen and oxygen atoms in total. The molecule has 0 fully saturated rings. The number of hydrogen-bond donors (Lipinski definition) is 0. The molecule has 4 rings (SSSR count). The molecule has 0 unspecified atom stereocenters. The highest BCUT2D eigenvalue weighted by molar-refractivity contribution is 5.24. The zero-order valence-electron chi connectivity index (χ0n) is 14.7. The molecule has 1 aromatic heterocycles. The van der Waals surface area contributed by atoms with Gasteiger partial charge in [-0.05, 0) is 11.1 Å². The van der Waals surface area contributed by atoms with Gasteiger partial charge in [-0.2, -0.15) is 0 Å². The highest BCUT2D eigenvalue weighted by atomic mass is 16.5. The van der Waals surface area contributed by atoms with Crippen molar-refractivity contribution in [3.05, 3.63) is 100.0 Å². The van der Waals surface area contributed by atoms with Crippen LogP contribution in [0.4, 0.5) is 0 Å². The molecule has 0 amide bonds. The lowest BCUT2D eigenvalue weighted by Crippen LogP contribution is -2.34. The third-order valence-corrected chi connectivity index (χ3v) is 4.71. The molecule has 0 atom stereocenters. The van der Waals surface area contributed by atoms with Crippen LogP contribution in [0.15, 0.2) is 77.7 Å². The SMILES string of the molecule is O=c1cc2n(cc1OCc1ccccc1)CCN(Cc1ccccc1)C2. The summed E-state index contributed by atoms with van der Waals surface area (Å²) in [6, 6.07) is 22.1. The van der Waals surface area contributed by atoms with E-state index in [-0.39, 0.29) is 5.43 Å². The summed E-state index contributed by atoms with van der Waals surface area (Å²) in [5.41, 5.74) is 3.35. The lowest BCUT2D eigenvalue weighted by atomic mass is 10.2. The first-order chi connectivity index (χ1) is 12.8. The molecule has 132 valence electrons. The minimum atomic E-state index is -0.0475. The third-order valence-electron chi connectivity index (χ3n) is 4.71. The molecule has 1 aliphatic heterocycles. The molecule has 3 aromatic rings. The summed E-state index contributed by atoms with van der Waals surface area (Å²) in [5, 5.41) is 0. The van der Waals surface area contributed by atoms with E-state index in [4.69, 9.17) is 4.74 Å². The van der Waals surface area contributed by atoms with Crippen molar-refractivity contribution in [3.63, 3.8) is 0 Å². The van der Waals surface area contributed by atoms with Crippen LogP contribution in [0.5, 0.6) is 5.75 Å². The number of pyridine rings is 1. The fraction of sp³-hybridized carbons (Fsp3) is 0.227. The van der Waals surface area contributed by atoms with Crippen LogP contribution in [0.2, 0.25) is 0 Å². The largest absolute Gasteiger partial charge is 0.483 e. The Kier molecular flexibility index (Phi) is 4.84. The quantitative estimate of drug-likeness (QED) is 0.710. The first-order valence-electron chi connectivity index (χ1n) is 8.94. The smallest absolute Gasteiger partial charge is 0.223 e. The standard InChI is InChI=1S/C22H22N2O2/c25-21-13-20-15-23(14-18-7-3-1-4-8-18)11-12-24(20)16-22(21)26-17-19-9-5-2-6-10-19/h1-10,13,16H,11-12,14-15,17H2. The predicted octanol–water partition coefficient (Wildman–Crippen LogP) is 3.44. The summed E-state index contributed by atoms with van der Waals surface area (Å²) in [5.74, 6) is 0.425. The van der Waals surface area contributed by atoms with Crippen LogP contribution < -0.4 is 10.2 Å². The van der Waals surface area contributed by atoms with E-state index in [0.29, 0.717) is 12.4 Å². The van der Waals surface area contributed by atoms with E-state index in [9.17, 15) is 4.79 Å². The van der Waals surface area contributed by atoms with Crippen LogP contribution in [-0.2, 0) is 26.2 Å². The Balaban J connectivity index is 1.45. The maximum Gasteiger partial charge on any atom is 0.223 e. The van der Waals surface area contributed by atoms with Gasteiger partial charge in [-0.15, -0.1) is 0 Å². The average Bonchev–Trinajstić information content (AvgIpc) is 2.68. The third kappa shape index (κ3) is 3.86. The highest BCUT2D eigenvalue weighted by Crippen LogP contribution is 2.17. The van der Waals surface area contributed by atoms with Crippen molar-refractivity contribution in [1.82, 2.24) is 9.47 Å². The van der Waals surface area contributed by atoms with Crippen molar-refractivity contribution in [2.24, 2.45) is 0 Å². The molecule has 0 N–H and O–H groups in total. The second-order valence-electron chi connectivity index (χ2n) is 6.66. The number of fused-ring (bicyclic) bond motifs is 1. The van der Waals surface area contributed by atoms with Gasteiger partial charge in [0.2, 0.25) is 5.43 Å². The van der Waals surface area contributed by atoms with Gasteiger partial charge in [0.05, 0.1) is 6.20 Å². The van der Waals surface area contributed by atoms with Crippen LogP contribution >= 0.6 is 0 Å². The van der Waals surface area contributed by atoms with Gasteiger partial charge in [0.25, 0.3) is 0 Å². The molecule has 0 spiro atoms. The zero-order chi connectivity index (χ0) is 17.8. The van der Waals surface area contributed by atoms with E-state index < -0.39 is 0 Å². The molecule has 0 saturated carbocycles. The van der Waals surface area contributed by atoms with Crippen LogP contribution in [0.25, 0.3) is 0 Å². The molecule has 2 heterocycles. The van der Waals surface area contributed by atoms with Crippen molar-refractivity contribution in [3.8, 4) is 5.75 Å². The Morgan fingerprint density at radius 1 is 0.885 bits per heavy atom. The zero-order valence-corrected chi connectivity index (χ0v) is 14.7. The number of aromatic nitrogens is 1. The summed E-state index contributed by atoms with van der Waals surface area (Å²) in [6.45, 7) is 3.92. The van der Waals surface area contributed by atoms with Crippen molar-refractivity contribution in [2.45, 2.75) is 26.2 Å². The number of benzene rings is 2. The van der Waals surface area contributed by atoms with Gasteiger partial charge in [-0.25, -0.2) is 0 Å². The average molecular weight is 346 g/mol. The molecule has 0 bridgehead atoms. The van der Waals surface area contributed by atoms with Crippen molar-refractivity contribution < 1.29 is 4.74 Å². The Bertz CT molecular complexity index is 920. The number of hydrogen-bond acceptors (Lipinski definition) is 3. The van der Waals surface area contributed by atoms with Crippen LogP contribution in [0, 0.1) is 0 Å². The van der Waals surface area contributed by atoms with Crippen molar-refractivity contribution in [2.75, 3.05) is 6.54 Å². The molecule has 2 aromatic carbocycles. The van der Waals surface area contributed by atoms with Gasteiger partial charge >= 0.3 is 0 Å². The topological polar surface area (TPSA) is 34.5 Å². The maximum atomic E-state index is 12.4. The first-order valence-corrected chi connectivity index (χ1v) is 8.94. The van der Waals surface area contributed by atoms with E-state index in [0.717, 1.165) is 37.4 Å². The molecule has 26 heavy (non-hydrogen) atoms. The van der Waals surface area contributed by atoms with E-state index in [2.05, 4.69) is 33.7 Å². The van der Waals surface area contributed by atoms with E-state index in [1.54, 1.807) is 6.07 Å². The first kappa shape index (κ1) is 16.6. The van der Waals surface area contributed by atoms with Gasteiger partial charge in [0.1, 0.15) is 6.61 Å². The molecule has 1 aliphatic rings. The van der Waals surface area contributed by atoms with Crippen LogP contribution in [-0.4, -0.2) is 16.0 Å². The summed E-state index contributed by atoms with van der Waals surface area (Å²) < 4.78 is 7.91. The van der Waals surface area contributed by atoms with Gasteiger partial charge < -0.3 is 9.30 Å². The predicted molar refractivity (Wildman–Crippen MR) is 102 cm³/mol. The molecule has 0 saturated heterocycles. The Labute approximate surface area is 153 Å². The van der Waals surface area contributed by atoms with Crippen LogP contribution in [0.3, 0.4) is 0 Å². The lowest BCUT2D eigenvalue weighted by Gasteiger charge is -2.30. The number of ether oxygens (including phenoxy) is 1. The van der Waals surface area contributed by atoms with E-state index >= 15 is 0 Å². The summed E-state index contributed by atoms with van der Waals surface area (Å²) >= 11 is 0. The molecular weight excluding hydrogens is 324 g/mol. The van der Waals surface area contributed by atoms with E-state index in [1.807, 2.05) is 42.6 Å². The highest BCUT2D eigenvalue weighted by Gasteiger charge is 2.17. The summed E-state index contributed by atoms with van der Waals surface area (Å²) in [6.07, 6.45) is 1.86. The minimum Gasteiger partial charge on any atom is -0.483 e. The van der Waals surface area contributed by atoms with Crippen molar-refractivity contribution >= 4 is 0 Å². The molecular formula is C22H22N2O2. The Morgan fingerprint density at radius 3 is 2.31 bits per heavy atom. The number of nitrogens with zero attached hydrogens (tertiary/aromatic N) is 2.